The van der Waals surface area contributed by atoms with Crippen molar-refractivity contribution in [1.29, 1.82) is 5.41 Å². The van der Waals surface area contributed by atoms with Crippen LogP contribution in [-0.4, -0.2) is 28.5 Å². The van der Waals surface area contributed by atoms with Crippen LogP contribution >= 0.6 is 11.8 Å². The molecule has 2 N–H and O–H groups in total. The predicted octanol–water partition coefficient (Wildman–Crippen LogP) is 5.60. The first-order chi connectivity index (χ1) is 15.6. The van der Waals surface area contributed by atoms with Gasteiger partial charge in [0.15, 0.2) is 5.17 Å². The molecule has 1 aliphatic rings. The SMILES string of the molecule is N=C1S/C(=C\c2ccc(-c3cccc(C(=O)O)c3)o2)C(=O)N1c1ccc(OC(F)(F)F)cc1. The molecule has 1 fully saturated rings. The van der Waals surface area contributed by atoms with Crippen molar-refractivity contribution in [3.8, 4) is 17.1 Å². The number of hydrogen-bond acceptors (Lipinski definition) is 6. The highest BCUT2D eigenvalue weighted by molar-refractivity contribution is 8.19. The molecule has 1 amide bonds. The lowest BCUT2D eigenvalue weighted by Crippen LogP contribution is -2.28. The number of amidine groups is 1. The molecule has 4 rings (SSSR count). The lowest BCUT2D eigenvalue weighted by Gasteiger charge is -2.15. The van der Waals surface area contributed by atoms with Crippen molar-refractivity contribution in [3.63, 3.8) is 0 Å². The Balaban J connectivity index is 1.54. The summed E-state index contributed by atoms with van der Waals surface area (Å²) in [6.07, 6.45) is -3.40. The van der Waals surface area contributed by atoms with Crippen LogP contribution in [0, 0.1) is 5.41 Å². The van der Waals surface area contributed by atoms with E-state index in [1.54, 1.807) is 24.3 Å². The average Bonchev–Trinajstić information content (AvgIpc) is 3.32. The van der Waals surface area contributed by atoms with Crippen LogP contribution in [0.2, 0.25) is 0 Å². The Morgan fingerprint density at radius 3 is 2.52 bits per heavy atom. The van der Waals surface area contributed by atoms with E-state index < -0.39 is 24.0 Å². The fraction of sp³-hybridized carbons (Fsp3) is 0.0455. The number of carboxylic acids is 1. The standard InChI is InChI=1S/C22H13F3N2O5S/c23-22(24,25)32-15-6-4-14(5-7-15)27-19(28)18(33-21(27)26)11-16-8-9-17(31-16)12-2-1-3-13(10-12)20(29)30/h1-11,26H,(H,29,30)/b18-11-,26-21?. The third-order valence-electron chi connectivity index (χ3n) is 4.45. The Morgan fingerprint density at radius 1 is 1.12 bits per heavy atom. The summed E-state index contributed by atoms with van der Waals surface area (Å²) < 4.78 is 46.5. The maximum absolute atomic E-state index is 12.8. The number of benzene rings is 2. The Kier molecular flexibility index (Phi) is 5.73. The van der Waals surface area contributed by atoms with Gasteiger partial charge in [-0.15, -0.1) is 13.2 Å². The molecule has 0 atom stereocenters. The molecule has 3 aromatic rings. The van der Waals surface area contributed by atoms with Crippen LogP contribution in [0.3, 0.4) is 0 Å². The molecule has 11 heteroatoms. The molecule has 0 bridgehead atoms. The van der Waals surface area contributed by atoms with E-state index in [1.165, 1.54) is 30.3 Å². The second-order valence-corrected chi connectivity index (χ2v) is 7.72. The summed E-state index contributed by atoms with van der Waals surface area (Å²) in [5, 5.41) is 17.1. The smallest absolute Gasteiger partial charge is 0.478 e. The van der Waals surface area contributed by atoms with Gasteiger partial charge in [0.05, 0.1) is 16.2 Å². The van der Waals surface area contributed by atoms with Gasteiger partial charge in [-0.1, -0.05) is 12.1 Å². The number of carbonyl (C=O) groups excluding carboxylic acids is 1. The van der Waals surface area contributed by atoms with Crippen LogP contribution in [-0.2, 0) is 4.79 Å². The summed E-state index contributed by atoms with van der Waals surface area (Å²) in [7, 11) is 0. The van der Waals surface area contributed by atoms with Crippen molar-refractivity contribution in [2.45, 2.75) is 6.36 Å². The van der Waals surface area contributed by atoms with Crippen molar-refractivity contribution < 1.29 is 37.0 Å². The predicted molar refractivity (Wildman–Crippen MR) is 115 cm³/mol. The molecule has 0 unspecified atom stereocenters. The van der Waals surface area contributed by atoms with E-state index in [-0.39, 0.29) is 21.3 Å². The summed E-state index contributed by atoms with van der Waals surface area (Å²) in [5.41, 5.74) is 0.850. The lowest BCUT2D eigenvalue weighted by atomic mass is 10.1. The number of hydrogen-bond donors (Lipinski definition) is 2. The van der Waals surface area contributed by atoms with Crippen LogP contribution in [0.25, 0.3) is 17.4 Å². The Labute approximate surface area is 188 Å². The number of amides is 1. The normalized spacial score (nSPS) is 15.4. The minimum Gasteiger partial charge on any atom is -0.478 e. The van der Waals surface area contributed by atoms with Crippen LogP contribution in [0.5, 0.6) is 5.75 Å². The molecule has 7 nitrogen and oxygen atoms in total. The first-order valence-corrected chi connectivity index (χ1v) is 10.0. The van der Waals surface area contributed by atoms with E-state index in [0.717, 1.165) is 28.8 Å². The highest BCUT2D eigenvalue weighted by atomic mass is 32.2. The first-order valence-electron chi connectivity index (χ1n) is 9.23. The molecule has 1 saturated heterocycles. The second kappa shape index (κ2) is 8.51. The van der Waals surface area contributed by atoms with Crippen LogP contribution in [0.15, 0.2) is 70.0 Å². The lowest BCUT2D eigenvalue weighted by molar-refractivity contribution is -0.274. The van der Waals surface area contributed by atoms with Crippen LogP contribution in [0.1, 0.15) is 16.1 Å². The van der Waals surface area contributed by atoms with Gasteiger partial charge in [0.2, 0.25) is 0 Å². The number of ether oxygens (including phenoxy) is 1. The number of alkyl halides is 3. The number of rotatable bonds is 5. The van der Waals surface area contributed by atoms with Crippen LogP contribution in [0.4, 0.5) is 18.9 Å². The van der Waals surface area contributed by atoms with Gasteiger partial charge in [-0.2, -0.15) is 0 Å². The maximum atomic E-state index is 12.8. The number of carbonyl (C=O) groups is 2. The van der Waals surface area contributed by atoms with Gasteiger partial charge in [0.1, 0.15) is 17.3 Å². The number of nitrogens with zero attached hydrogens (tertiary/aromatic N) is 1. The molecule has 1 aromatic heterocycles. The van der Waals surface area contributed by atoms with E-state index >= 15 is 0 Å². The van der Waals surface area contributed by atoms with Gasteiger partial charge in [0, 0.05) is 11.6 Å². The van der Waals surface area contributed by atoms with Gasteiger partial charge in [0.25, 0.3) is 5.91 Å². The number of furan rings is 1. The van der Waals surface area contributed by atoms with Gasteiger partial charge < -0.3 is 14.3 Å². The molecule has 2 heterocycles. The van der Waals surface area contributed by atoms with E-state index in [4.69, 9.17) is 14.9 Å². The quantitative estimate of drug-likeness (QED) is 0.467. The van der Waals surface area contributed by atoms with Crippen molar-refractivity contribution in [2.75, 3.05) is 4.90 Å². The zero-order valence-corrected chi connectivity index (χ0v) is 17.2. The minimum atomic E-state index is -4.83. The molecule has 0 saturated carbocycles. The number of thioether (sulfide) groups is 1. The zero-order valence-electron chi connectivity index (χ0n) is 16.4. The Hall–Kier alpha value is -3.99. The summed E-state index contributed by atoms with van der Waals surface area (Å²) in [6.45, 7) is 0. The van der Waals surface area contributed by atoms with Crippen LogP contribution < -0.4 is 9.64 Å². The number of nitrogens with one attached hydrogen (secondary N) is 1. The van der Waals surface area contributed by atoms with E-state index in [0.29, 0.717) is 17.1 Å². The van der Waals surface area contributed by atoms with Gasteiger partial charge >= 0.3 is 12.3 Å². The molecule has 1 aliphatic heterocycles. The van der Waals surface area contributed by atoms with Gasteiger partial charge in [-0.25, -0.2) is 4.79 Å². The highest BCUT2D eigenvalue weighted by Crippen LogP contribution is 2.37. The third-order valence-corrected chi connectivity index (χ3v) is 5.33. The molecule has 0 aliphatic carbocycles. The molecule has 0 spiro atoms. The molecule has 168 valence electrons. The largest absolute Gasteiger partial charge is 0.573 e. The number of halogens is 3. The monoisotopic (exact) mass is 474 g/mol. The van der Waals surface area contributed by atoms with Crippen molar-refractivity contribution in [2.24, 2.45) is 0 Å². The molecular weight excluding hydrogens is 461 g/mol. The molecular formula is C22H13F3N2O5S. The average molecular weight is 474 g/mol. The molecule has 0 radical (unpaired) electrons. The van der Waals surface area contributed by atoms with Gasteiger partial charge in [-0.3, -0.25) is 15.1 Å². The number of aromatic carboxylic acids is 1. The Bertz CT molecular complexity index is 1280. The summed E-state index contributed by atoms with van der Waals surface area (Å²) in [5.74, 6) is -1.35. The van der Waals surface area contributed by atoms with Crippen molar-refractivity contribution >= 4 is 40.6 Å². The van der Waals surface area contributed by atoms with Crippen molar-refractivity contribution in [3.05, 3.63) is 76.9 Å². The molecule has 33 heavy (non-hydrogen) atoms. The number of anilines is 1. The first kappa shape index (κ1) is 22.2. The minimum absolute atomic E-state index is 0.0982. The van der Waals surface area contributed by atoms with E-state index in [2.05, 4.69) is 4.74 Å². The number of carboxylic acid groups (broad SMARTS) is 1. The molecule has 2 aromatic carbocycles. The summed E-state index contributed by atoms with van der Waals surface area (Å²) >= 11 is 0.869. The Morgan fingerprint density at radius 2 is 1.85 bits per heavy atom. The second-order valence-electron chi connectivity index (χ2n) is 6.69. The summed E-state index contributed by atoms with van der Waals surface area (Å²) in [4.78, 5) is 25.2. The fourth-order valence-corrected chi connectivity index (χ4v) is 3.88. The highest BCUT2D eigenvalue weighted by Gasteiger charge is 2.34. The fourth-order valence-electron chi connectivity index (χ4n) is 3.04. The zero-order chi connectivity index (χ0) is 23.8. The topological polar surface area (TPSA) is 104 Å². The summed E-state index contributed by atoms with van der Waals surface area (Å²) in [6, 6.07) is 14.0. The third kappa shape index (κ3) is 4.93. The van der Waals surface area contributed by atoms with Gasteiger partial charge in [-0.05, 0) is 60.3 Å². The van der Waals surface area contributed by atoms with E-state index in [1.807, 2.05) is 0 Å². The van der Waals surface area contributed by atoms with E-state index in [9.17, 15) is 22.8 Å². The van der Waals surface area contributed by atoms with Crippen molar-refractivity contribution in [1.82, 2.24) is 0 Å². The maximum Gasteiger partial charge on any atom is 0.573 e.